The van der Waals surface area contributed by atoms with Gasteiger partial charge in [-0.1, -0.05) is 0 Å². The topological polar surface area (TPSA) is 0 Å². The minimum atomic E-state index is -0.634. The van der Waals surface area contributed by atoms with E-state index in [0.29, 0.717) is 11.8 Å². The van der Waals surface area contributed by atoms with Gasteiger partial charge in [0.1, 0.15) is 5.67 Å². The van der Waals surface area contributed by atoms with Gasteiger partial charge in [0, 0.05) is 0 Å². The van der Waals surface area contributed by atoms with Crippen LogP contribution in [-0.2, 0) is 0 Å². The van der Waals surface area contributed by atoms with Crippen LogP contribution in [0.25, 0.3) is 0 Å². The number of hydrogen-bond donors (Lipinski definition) is 0. The number of hydrogen-bond acceptors (Lipinski definition) is 0. The average molecular weight is 126 g/mol. The quantitative estimate of drug-likeness (QED) is 0.466. The van der Waals surface area contributed by atoms with Crippen LogP contribution in [0.1, 0.15) is 25.7 Å². The Balaban J connectivity index is 2.07. The average Bonchev–Trinajstić information content (AvgIpc) is 2.20. The summed E-state index contributed by atoms with van der Waals surface area (Å²) in [5.41, 5.74) is -0.634. The van der Waals surface area contributed by atoms with Gasteiger partial charge in [-0.25, -0.2) is 4.39 Å². The smallest absolute Gasteiger partial charge is 0.117 e. The second-order valence-electron chi connectivity index (χ2n) is 4.10. The summed E-state index contributed by atoms with van der Waals surface area (Å²) in [5.74, 6) is 1.79. The van der Waals surface area contributed by atoms with Gasteiger partial charge in [-0.2, -0.15) is 0 Å². The van der Waals surface area contributed by atoms with E-state index >= 15 is 0 Å². The molecule has 50 valence electrons. The Labute approximate surface area is 54.4 Å². The lowest BCUT2D eigenvalue weighted by molar-refractivity contribution is -0.0597. The van der Waals surface area contributed by atoms with Crippen LogP contribution in [0.5, 0.6) is 0 Å². The third kappa shape index (κ3) is 0.333. The zero-order valence-corrected chi connectivity index (χ0v) is 5.44. The molecule has 0 radical (unpaired) electrons. The number of halogens is 1. The summed E-state index contributed by atoms with van der Waals surface area (Å²) < 4.78 is 13.5. The van der Waals surface area contributed by atoms with Crippen molar-refractivity contribution in [3.63, 3.8) is 0 Å². The van der Waals surface area contributed by atoms with Crippen LogP contribution in [0.2, 0.25) is 0 Å². The van der Waals surface area contributed by atoms with Gasteiger partial charge in [0.2, 0.25) is 0 Å². The molecule has 0 aromatic heterocycles. The molecule has 9 heavy (non-hydrogen) atoms. The zero-order chi connectivity index (χ0) is 6.06. The number of fused-ring (bicyclic) bond motifs is 1. The number of alkyl halides is 1. The van der Waals surface area contributed by atoms with Crippen molar-refractivity contribution in [2.75, 3.05) is 0 Å². The van der Waals surface area contributed by atoms with Gasteiger partial charge in [-0.05, 0) is 43.4 Å². The Kier molecular flexibility index (Phi) is 0.555. The molecule has 0 spiro atoms. The van der Waals surface area contributed by atoms with E-state index in [1.165, 1.54) is 19.3 Å². The van der Waals surface area contributed by atoms with Gasteiger partial charge in [0.15, 0.2) is 0 Å². The molecule has 3 aliphatic carbocycles. The van der Waals surface area contributed by atoms with E-state index in [2.05, 4.69) is 0 Å². The predicted octanol–water partition coefficient (Wildman–Crippen LogP) is 2.14. The third-order valence-corrected chi connectivity index (χ3v) is 3.76. The molecule has 0 aromatic rings. The summed E-state index contributed by atoms with van der Waals surface area (Å²) in [4.78, 5) is 0. The van der Waals surface area contributed by atoms with E-state index in [9.17, 15) is 4.39 Å². The molecule has 0 aliphatic heterocycles. The van der Waals surface area contributed by atoms with Crippen molar-refractivity contribution in [2.24, 2.45) is 17.8 Å². The first kappa shape index (κ1) is 4.70. The molecule has 0 nitrogen and oxygen atoms in total. The normalized spacial score (nSPS) is 68.3. The van der Waals surface area contributed by atoms with Gasteiger partial charge in [0.25, 0.3) is 0 Å². The minimum Gasteiger partial charge on any atom is -0.243 e. The van der Waals surface area contributed by atoms with Crippen LogP contribution in [0, 0.1) is 17.8 Å². The Morgan fingerprint density at radius 2 is 1.78 bits per heavy atom. The summed E-state index contributed by atoms with van der Waals surface area (Å²) in [6.45, 7) is 0. The summed E-state index contributed by atoms with van der Waals surface area (Å²) in [5, 5.41) is 0. The molecule has 0 amide bonds. The number of rotatable bonds is 0. The molecule has 3 saturated carbocycles. The first-order chi connectivity index (χ1) is 4.29. The van der Waals surface area contributed by atoms with E-state index < -0.39 is 5.67 Å². The summed E-state index contributed by atoms with van der Waals surface area (Å²) in [6, 6.07) is 0. The molecule has 3 rings (SSSR count). The van der Waals surface area contributed by atoms with Gasteiger partial charge >= 0.3 is 0 Å². The summed E-state index contributed by atoms with van der Waals surface area (Å²) in [7, 11) is 0. The van der Waals surface area contributed by atoms with Crippen LogP contribution in [0.15, 0.2) is 0 Å². The highest BCUT2D eigenvalue weighted by Crippen LogP contribution is 2.67. The summed E-state index contributed by atoms with van der Waals surface area (Å²) >= 11 is 0. The molecule has 0 N–H and O–H groups in total. The molecule has 1 heteroatoms. The van der Waals surface area contributed by atoms with Gasteiger partial charge in [-0.15, -0.1) is 0 Å². The lowest BCUT2D eigenvalue weighted by Gasteiger charge is -2.46. The van der Waals surface area contributed by atoms with E-state index in [1.807, 2.05) is 0 Å². The van der Waals surface area contributed by atoms with Gasteiger partial charge < -0.3 is 0 Å². The van der Waals surface area contributed by atoms with Crippen molar-refractivity contribution in [3.05, 3.63) is 0 Å². The Hall–Kier alpha value is -0.0700. The fourth-order valence-corrected chi connectivity index (χ4v) is 3.34. The van der Waals surface area contributed by atoms with E-state index in [1.54, 1.807) is 0 Å². The lowest BCUT2D eigenvalue weighted by atomic mass is 9.62. The second-order valence-corrected chi connectivity index (χ2v) is 4.10. The molecule has 0 heterocycles. The van der Waals surface area contributed by atoms with Crippen molar-refractivity contribution in [2.45, 2.75) is 31.4 Å². The standard InChI is InChI=1S/C8H11F/c9-8-4-5-1-6(8)3-7(8)2-5/h5-7H,1-4H2. The van der Waals surface area contributed by atoms with Crippen molar-refractivity contribution >= 4 is 0 Å². The summed E-state index contributed by atoms with van der Waals surface area (Å²) in [6.07, 6.45) is 4.56. The lowest BCUT2D eigenvalue weighted by Crippen LogP contribution is -2.47. The van der Waals surface area contributed by atoms with Crippen molar-refractivity contribution in [3.8, 4) is 0 Å². The van der Waals surface area contributed by atoms with Crippen molar-refractivity contribution < 1.29 is 4.39 Å². The first-order valence-corrected chi connectivity index (χ1v) is 3.98. The van der Waals surface area contributed by atoms with Crippen LogP contribution in [0.4, 0.5) is 4.39 Å². The molecule has 0 aromatic carbocycles. The monoisotopic (exact) mass is 126 g/mol. The van der Waals surface area contributed by atoms with Crippen LogP contribution >= 0.6 is 0 Å². The molecule has 3 fully saturated rings. The second kappa shape index (κ2) is 1.06. The largest absolute Gasteiger partial charge is 0.243 e. The van der Waals surface area contributed by atoms with E-state index in [-0.39, 0.29) is 0 Å². The van der Waals surface area contributed by atoms with Gasteiger partial charge in [0.05, 0.1) is 0 Å². The molecule has 2 atom stereocenters. The Morgan fingerprint density at radius 1 is 1.11 bits per heavy atom. The van der Waals surface area contributed by atoms with Crippen LogP contribution in [-0.4, -0.2) is 5.67 Å². The highest BCUT2D eigenvalue weighted by Gasteiger charge is 2.66. The first-order valence-electron chi connectivity index (χ1n) is 3.98. The van der Waals surface area contributed by atoms with Crippen molar-refractivity contribution in [1.82, 2.24) is 0 Å². The van der Waals surface area contributed by atoms with E-state index in [0.717, 1.165) is 12.3 Å². The zero-order valence-electron chi connectivity index (χ0n) is 5.44. The Morgan fingerprint density at radius 3 is 2.00 bits per heavy atom. The molecule has 2 bridgehead atoms. The molecule has 3 aliphatic rings. The highest BCUT2D eigenvalue weighted by molar-refractivity contribution is 5.15. The van der Waals surface area contributed by atoms with Crippen molar-refractivity contribution in [1.29, 1.82) is 0 Å². The van der Waals surface area contributed by atoms with E-state index in [4.69, 9.17) is 0 Å². The van der Waals surface area contributed by atoms with Crippen LogP contribution in [0.3, 0.4) is 0 Å². The maximum absolute atomic E-state index is 13.5. The Bertz CT molecular complexity index is 152. The van der Waals surface area contributed by atoms with Crippen LogP contribution < -0.4 is 0 Å². The molecular weight excluding hydrogens is 115 g/mol. The SMILES string of the molecule is FC12CC3CC1CC2C3. The molecule has 0 saturated heterocycles. The molecular formula is C8H11F. The minimum absolute atomic E-state index is 0.501. The maximum Gasteiger partial charge on any atom is 0.117 e. The third-order valence-electron chi connectivity index (χ3n) is 3.76. The fourth-order valence-electron chi connectivity index (χ4n) is 3.34. The van der Waals surface area contributed by atoms with Gasteiger partial charge in [-0.3, -0.25) is 0 Å². The predicted molar refractivity (Wildman–Crippen MR) is 32.8 cm³/mol. The maximum atomic E-state index is 13.5. The highest BCUT2D eigenvalue weighted by atomic mass is 19.1. The fraction of sp³-hybridized carbons (Fsp3) is 1.00. The molecule has 2 unspecified atom stereocenters.